The first-order valence-electron chi connectivity index (χ1n) is 9.48. The van der Waals surface area contributed by atoms with E-state index in [9.17, 15) is 9.59 Å². The van der Waals surface area contributed by atoms with Crippen LogP contribution in [-0.4, -0.2) is 53.6 Å². The summed E-state index contributed by atoms with van der Waals surface area (Å²) in [6.45, 7) is 7.60. The van der Waals surface area contributed by atoms with E-state index in [1.165, 1.54) is 6.08 Å². The van der Waals surface area contributed by atoms with Crippen LogP contribution in [0, 0.1) is 0 Å². The van der Waals surface area contributed by atoms with Crippen LogP contribution in [0.1, 0.15) is 19.8 Å². The molecule has 2 aromatic rings. The maximum absolute atomic E-state index is 12.6. The molecule has 1 fully saturated rings. The van der Waals surface area contributed by atoms with Gasteiger partial charge in [-0.3, -0.25) is 9.59 Å². The number of hydrogen-bond acceptors (Lipinski definition) is 5. The van der Waals surface area contributed by atoms with E-state index in [1.54, 1.807) is 24.4 Å². The van der Waals surface area contributed by atoms with Crippen LogP contribution in [-0.2, 0) is 4.79 Å². The van der Waals surface area contributed by atoms with Gasteiger partial charge in [0.2, 0.25) is 11.8 Å². The minimum absolute atomic E-state index is 0.0627. The lowest BCUT2D eigenvalue weighted by molar-refractivity contribution is -0.127. The molecule has 1 saturated heterocycles. The Bertz CT molecular complexity index is 909. The summed E-state index contributed by atoms with van der Waals surface area (Å²) in [4.78, 5) is 35.5. The fourth-order valence-electron chi connectivity index (χ4n) is 3.72. The van der Waals surface area contributed by atoms with Crippen molar-refractivity contribution in [3.05, 3.63) is 53.6 Å². The fourth-order valence-corrected chi connectivity index (χ4v) is 3.72. The highest BCUT2D eigenvalue weighted by atomic mass is 16.5. The van der Waals surface area contributed by atoms with Crippen molar-refractivity contribution in [3.8, 4) is 17.0 Å². The Morgan fingerprint density at radius 1 is 1.46 bits per heavy atom. The molecule has 0 spiro atoms. The standard InChI is InChI=1S/C21H26N4O3/c1-4-20(26)24-10-6-7-17(14-24)25(5-2)18-11-16(13-23-21(18)27)15-8-9-22-19(12-15)28-3/h4,8-9,11-13,17H,1,5-7,10,14H2,2-3H3,(H,23,27)/t17-/m0/s1. The quantitative estimate of drug-likeness (QED) is 0.777. The number of rotatable bonds is 6. The maximum Gasteiger partial charge on any atom is 0.271 e. The van der Waals surface area contributed by atoms with Crippen molar-refractivity contribution in [2.45, 2.75) is 25.8 Å². The number of carbonyl (C=O) groups is 1. The van der Waals surface area contributed by atoms with Crippen molar-refractivity contribution in [2.75, 3.05) is 31.6 Å². The second-order valence-corrected chi connectivity index (χ2v) is 6.76. The molecule has 1 amide bonds. The van der Waals surface area contributed by atoms with E-state index in [1.807, 2.05) is 25.1 Å². The third kappa shape index (κ3) is 4.08. The first kappa shape index (κ1) is 19.7. The molecular formula is C21H26N4O3. The lowest BCUT2D eigenvalue weighted by atomic mass is 10.0. The molecular weight excluding hydrogens is 356 g/mol. The number of anilines is 1. The highest BCUT2D eigenvalue weighted by molar-refractivity contribution is 5.87. The zero-order valence-corrected chi connectivity index (χ0v) is 16.4. The molecule has 0 saturated carbocycles. The maximum atomic E-state index is 12.6. The molecule has 7 heteroatoms. The molecule has 7 nitrogen and oxygen atoms in total. The normalized spacial score (nSPS) is 16.5. The van der Waals surface area contributed by atoms with Gasteiger partial charge >= 0.3 is 0 Å². The number of nitrogens with zero attached hydrogens (tertiary/aromatic N) is 3. The third-order valence-electron chi connectivity index (χ3n) is 5.13. The van der Waals surface area contributed by atoms with E-state index in [0.717, 1.165) is 30.5 Å². The van der Waals surface area contributed by atoms with Gasteiger partial charge in [0.1, 0.15) is 5.69 Å². The second kappa shape index (κ2) is 8.73. The predicted molar refractivity (Wildman–Crippen MR) is 110 cm³/mol. The Morgan fingerprint density at radius 2 is 2.29 bits per heavy atom. The molecule has 1 aliphatic heterocycles. The summed E-state index contributed by atoms with van der Waals surface area (Å²) < 4.78 is 5.20. The summed E-state index contributed by atoms with van der Waals surface area (Å²) >= 11 is 0. The Labute approximate surface area is 164 Å². The van der Waals surface area contributed by atoms with Crippen LogP contribution in [0.5, 0.6) is 5.88 Å². The Hall–Kier alpha value is -3.09. The van der Waals surface area contributed by atoms with Crippen LogP contribution in [0.2, 0.25) is 0 Å². The van der Waals surface area contributed by atoms with Crippen LogP contribution in [0.4, 0.5) is 5.69 Å². The number of likely N-dealkylation sites (N-methyl/N-ethyl adjacent to an activating group) is 1. The topological polar surface area (TPSA) is 78.5 Å². The van der Waals surface area contributed by atoms with Crippen molar-refractivity contribution < 1.29 is 9.53 Å². The first-order chi connectivity index (χ1) is 13.6. The molecule has 3 heterocycles. The van der Waals surface area contributed by atoms with Crippen LogP contribution < -0.4 is 15.2 Å². The van der Waals surface area contributed by atoms with Crippen LogP contribution in [0.3, 0.4) is 0 Å². The van der Waals surface area contributed by atoms with Gasteiger partial charge in [0, 0.05) is 49.7 Å². The van der Waals surface area contributed by atoms with E-state index in [2.05, 4.69) is 21.4 Å². The summed E-state index contributed by atoms with van der Waals surface area (Å²) in [7, 11) is 1.57. The largest absolute Gasteiger partial charge is 0.481 e. The number of H-pyrrole nitrogens is 1. The monoisotopic (exact) mass is 382 g/mol. The smallest absolute Gasteiger partial charge is 0.271 e. The lowest BCUT2D eigenvalue weighted by Gasteiger charge is -2.39. The zero-order chi connectivity index (χ0) is 20.1. The Morgan fingerprint density at radius 3 is 3.00 bits per heavy atom. The molecule has 3 rings (SSSR count). The number of likely N-dealkylation sites (tertiary alicyclic amines) is 1. The van der Waals surface area contributed by atoms with Gasteiger partial charge in [-0.05, 0) is 43.5 Å². The Kier molecular flexibility index (Phi) is 6.13. The average molecular weight is 382 g/mol. The van der Waals surface area contributed by atoms with Gasteiger partial charge in [-0.1, -0.05) is 6.58 Å². The molecule has 1 aliphatic rings. The number of amides is 1. The highest BCUT2D eigenvalue weighted by Crippen LogP contribution is 2.26. The summed E-state index contributed by atoms with van der Waals surface area (Å²) in [6.07, 6.45) is 6.56. The molecule has 0 aromatic carbocycles. The third-order valence-corrected chi connectivity index (χ3v) is 5.13. The summed E-state index contributed by atoms with van der Waals surface area (Å²) in [6, 6.07) is 5.69. The molecule has 1 N–H and O–H groups in total. The summed E-state index contributed by atoms with van der Waals surface area (Å²) in [5.41, 5.74) is 2.25. The minimum Gasteiger partial charge on any atom is -0.481 e. The van der Waals surface area contributed by atoms with Crippen molar-refractivity contribution in [2.24, 2.45) is 0 Å². The first-order valence-corrected chi connectivity index (χ1v) is 9.48. The van der Waals surface area contributed by atoms with Crippen LogP contribution >= 0.6 is 0 Å². The predicted octanol–water partition coefficient (Wildman–Crippen LogP) is 2.45. The van der Waals surface area contributed by atoms with Gasteiger partial charge in [-0.15, -0.1) is 0 Å². The van der Waals surface area contributed by atoms with Gasteiger partial charge in [-0.25, -0.2) is 4.98 Å². The van der Waals surface area contributed by atoms with E-state index in [-0.39, 0.29) is 17.5 Å². The number of pyridine rings is 2. The number of hydrogen-bond donors (Lipinski definition) is 1. The molecule has 0 unspecified atom stereocenters. The average Bonchev–Trinajstić information content (AvgIpc) is 2.75. The number of aromatic nitrogens is 2. The Balaban J connectivity index is 1.93. The van der Waals surface area contributed by atoms with Gasteiger partial charge in [-0.2, -0.15) is 0 Å². The number of aromatic amines is 1. The van der Waals surface area contributed by atoms with Gasteiger partial charge in [0.15, 0.2) is 0 Å². The highest BCUT2D eigenvalue weighted by Gasteiger charge is 2.27. The molecule has 0 aliphatic carbocycles. The van der Waals surface area contributed by atoms with E-state index >= 15 is 0 Å². The van der Waals surface area contributed by atoms with Crippen molar-refractivity contribution in [3.63, 3.8) is 0 Å². The fraction of sp³-hybridized carbons (Fsp3) is 0.381. The van der Waals surface area contributed by atoms with Gasteiger partial charge in [0.25, 0.3) is 5.56 Å². The van der Waals surface area contributed by atoms with E-state index in [0.29, 0.717) is 24.7 Å². The second-order valence-electron chi connectivity index (χ2n) is 6.76. The van der Waals surface area contributed by atoms with Crippen molar-refractivity contribution >= 4 is 11.6 Å². The number of carbonyl (C=O) groups excluding carboxylic acids is 1. The number of nitrogens with one attached hydrogen (secondary N) is 1. The minimum atomic E-state index is -0.140. The SMILES string of the molecule is C=CC(=O)N1CCC[C@H](N(CC)c2cc(-c3ccnc(OC)c3)c[nH]c2=O)C1. The molecule has 2 aromatic heterocycles. The number of ether oxygens (including phenoxy) is 1. The zero-order valence-electron chi connectivity index (χ0n) is 16.4. The van der Waals surface area contributed by atoms with E-state index < -0.39 is 0 Å². The number of piperidine rings is 1. The molecule has 28 heavy (non-hydrogen) atoms. The molecule has 148 valence electrons. The number of methoxy groups -OCH3 is 1. The van der Waals surface area contributed by atoms with E-state index in [4.69, 9.17) is 4.74 Å². The van der Waals surface area contributed by atoms with Crippen molar-refractivity contribution in [1.82, 2.24) is 14.9 Å². The molecule has 0 radical (unpaired) electrons. The van der Waals surface area contributed by atoms with Crippen molar-refractivity contribution in [1.29, 1.82) is 0 Å². The van der Waals surface area contributed by atoms with Gasteiger partial charge in [0.05, 0.1) is 7.11 Å². The lowest BCUT2D eigenvalue weighted by Crippen LogP contribution is -2.50. The molecule has 0 bridgehead atoms. The van der Waals surface area contributed by atoms with Gasteiger partial charge < -0.3 is 19.5 Å². The summed E-state index contributed by atoms with van der Waals surface area (Å²) in [5, 5.41) is 0. The summed E-state index contributed by atoms with van der Waals surface area (Å²) in [5.74, 6) is 0.454. The van der Waals surface area contributed by atoms with Crippen LogP contribution in [0.15, 0.2) is 48.0 Å². The molecule has 1 atom stereocenters. The van der Waals surface area contributed by atoms with Crippen LogP contribution in [0.25, 0.3) is 11.1 Å².